The van der Waals surface area contributed by atoms with E-state index in [0.717, 1.165) is 32.0 Å². The monoisotopic (exact) mass is 469 g/mol. The predicted molar refractivity (Wildman–Crippen MR) is 112 cm³/mol. The highest BCUT2D eigenvalue weighted by molar-refractivity contribution is 5.76. The standard InChI is InChI=1S/C19H25N5O2.C2HF3O2/c1-26-19-8-17(21-13-22-19)24-11-15(7-18(25)20-9-14-4-5-14)10-23-6-2-3-16(23)12-24;3-2(4,5)1(6)7/h2-3,6,8,13-15H,4-5,7,9-12H2,1H3,(H,20,25);(H,6,7). The Morgan fingerprint density at radius 3 is 2.61 bits per heavy atom. The van der Waals surface area contributed by atoms with Crippen LogP contribution in [0.3, 0.4) is 0 Å². The molecular formula is C21H26F3N5O4. The first-order chi connectivity index (χ1) is 15.7. The summed E-state index contributed by atoms with van der Waals surface area (Å²) in [4.78, 5) is 32.0. The van der Waals surface area contributed by atoms with E-state index in [-0.39, 0.29) is 11.8 Å². The highest BCUT2D eigenvalue weighted by atomic mass is 19.4. The molecule has 0 bridgehead atoms. The van der Waals surface area contributed by atoms with Crippen molar-refractivity contribution in [2.75, 3.05) is 25.1 Å². The van der Waals surface area contributed by atoms with Gasteiger partial charge in [-0.2, -0.15) is 13.2 Å². The number of rotatable bonds is 6. The molecule has 2 N–H and O–H groups in total. The number of aromatic nitrogens is 3. The lowest BCUT2D eigenvalue weighted by molar-refractivity contribution is -0.192. The number of anilines is 1. The molecule has 1 atom stereocenters. The van der Waals surface area contributed by atoms with Gasteiger partial charge >= 0.3 is 12.1 Å². The summed E-state index contributed by atoms with van der Waals surface area (Å²) < 4.78 is 39.2. The molecule has 2 aromatic rings. The third kappa shape index (κ3) is 7.36. The van der Waals surface area contributed by atoms with E-state index in [1.165, 1.54) is 24.9 Å². The number of carboxylic acids is 1. The molecule has 0 saturated heterocycles. The van der Waals surface area contributed by atoms with Gasteiger partial charge < -0.3 is 24.6 Å². The molecule has 1 aliphatic heterocycles. The van der Waals surface area contributed by atoms with Crippen LogP contribution in [0.4, 0.5) is 19.0 Å². The number of aliphatic carboxylic acids is 1. The third-order valence-electron chi connectivity index (χ3n) is 5.37. The maximum absolute atomic E-state index is 12.4. The number of carbonyl (C=O) groups is 2. The molecule has 4 rings (SSSR count). The lowest BCUT2D eigenvalue weighted by Gasteiger charge is -2.25. The molecule has 1 saturated carbocycles. The molecule has 33 heavy (non-hydrogen) atoms. The molecule has 1 aliphatic carbocycles. The van der Waals surface area contributed by atoms with Gasteiger partial charge in [0.2, 0.25) is 11.8 Å². The second kappa shape index (κ2) is 10.5. The number of fused-ring (bicyclic) bond motifs is 1. The Morgan fingerprint density at radius 1 is 1.24 bits per heavy atom. The van der Waals surface area contributed by atoms with E-state index in [0.29, 0.717) is 18.2 Å². The zero-order valence-corrected chi connectivity index (χ0v) is 18.1. The van der Waals surface area contributed by atoms with E-state index in [4.69, 9.17) is 14.6 Å². The second-order valence-electron chi connectivity index (χ2n) is 8.07. The van der Waals surface area contributed by atoms with Crippen molar-refractivity contribution in [2.24, 2.45) is 11.8 Å². The average molecular weight is 469 g/mol. The number of carboxylic acid groups (broad SMARTS) is 1. The Hall–Kier alpha value is -3.31. The molecule has 0 radical (unpaired) electrons. The van der Waals surface area contributed by atoms with Crippen LogP contribution in [0.5, 0.6) is 5.88 Å². The lowest BCUT2D eigenvalue weighted by atomic mass is 10.0. The van der Waals surface area contributed by atoms with Crippen LogP contribution in [0.1, 0.15) is 25.0 Å². The van der Waals surface area contributed by atoms with E-state index in [9.17, 15) is 18.0 Å². The Morgan fingerprint density at radius 2 is 1.97 bits per heavy atom. The van der Waals surface area contributed by atoms with Crippen LogP contribution in [0.25, 0.3) is 0 Å². The van der Waals surface area contributed by atoms with Gasteiger partial charge in [0, 0.05) is 49.9 Å². The number of nitrogens with one attached hydrogen (secondary N) is 1. The van der Waals surface area contributed by atoms with Crippen molar-refractivity contribution < 1.29 is 32.6 Å². The van der Waals surface area contributed by atoms with Gasteiger partial charge in [0.05, 0.1) is 13.7 Å². The number of hydrogen-bond donors (Lipinski definition) is 2. The van der Waals surface area contributed by atoms with E-state index >= 15 is 0 Å². The van der Waals surface area contributed by atoms with E-state index < -0.39 is 12.1 Å². The van der Waals surface area contributed by atoms with Crippen molar-refractivity contribution in [2.45, 2.75) is 38.5 Å². The van der Waals surface area contributed by atoms with Gasteiger partial charge in [-0.1, -0.05) is 0 Å². The topological polar surface area (TPSA) is 110 Å². The second-order valence-corrected chi connectivity index (χ2v) is 8.07. The molecule has 0 aromatic carbocycles. The Balaban J connectivity index is 0.000000383. The normalized spacial score (nSPS) is 17.8. The Labute approximate surface area is 188 Å². The molecule has 180 valence electrons. The van der Waals surface area contributed by atoms with Gasteiger partial charge in [0.15, 0.2) is 0 Å². The number of ether oxygens (including phenoxy) is 1. The number of hydrogen-bond acceptors (Lipinski definition) is 6. The lowest BCUT2D eigenvalue weighted by Crippen LogP contribution is -2.33. The van der Waals surface area contributed by atoms with Crippen molar-refractivity contribution >= 4 is 17.7 Å². The van der Waals surface area contributed by atoms with Crippen molar-refractivity contribution in [3.63, 3.8) is 0 Å². The summed E-state index contributed by atoms with van der Waals surface area (Å²) >= 11 is 0. The maximum atomic E-state index is 12.4. The number of alkyl halides is 3. The fourth-order valence-electron chi connectivity index (χ4n) is 3.51. The summed E-state index contributed by atoms with van der Waals surface area (Å²) in [5.41, 5.74) is 1.23. The fraction of sp³-hybridized carbons (Fsp3) is 0.524. The molecule has 12 heteroatoms. The van der Waals surface area contributed by atoms with Crippen molar-refractivity contribution in [1.82, 2.24) is 19.9 Å². The third-order valence-corrected chi connectivity index (χ3v) is 5.37. The smallest absolute Gasteiger partial charge is 0.481 e. The first-order valence-corrected chi connectivity index (χ1v) is 10.5. The van der Waals surface area contributed by atoms with Crippen LogP contribution in [-0.2, 0) is 22.7 Å². The highest BCUT2D eigenvalue weighted by Crippen LogP contribution is 2.28. The number of nitrogens with zero attached hydrogens (tertiary/aromatic N) is 4. The maximum Gasteiger partial charge on any atom is 0.490 e. The summed E-state index contributed by atoms with van der Waals surface area (Å²) in [6.07, 6.45) is 1.56. The molecule has 1 amide bonds. The van der Waals surface area contributed by atoms with Gasteiger partial charge in [0.1, 0.15) is 12.1 Å². The molecule has 2 aliphatic rings. The van der Waals surface area contributed by atoms with Crippen LogP contribution in [-0.4, -0.2) is 57.9 Å². The summed E-state index contributed by atoms with van der Waals surface area (Å²) in [5, 5.41) is 10.2. The first kappa shape index (κ1) is 24.3. The van der Waals surface area contributed by atoms with Gasteiger partial charge in [-0.3, -0.25) is 4.79 Å². The zero-order valence-electron chi connectivity index (χ0n) is 18.1. The van der Waals surface area contributed by atoms with E-state index in [1.807, 2.05) is 6.07 Å². The number of amides is 1. The van der Waals surface area contributed by atoms with Crippen LogP contribution in [0.15, 0.2) is 30.7 Å². The minimum Gasteiger partial charge on any atom is -0.481 e. The Kier molecular flexibility index (Phi) is 7.77. The summed E-state index contributed by atoms with van der Waals surface area (Å²) in [7, 11) is 1.60. The summed E-state index contributed by atoms with van der Waals surface area (Å²) in [6, 6.07) is 6.04. The quantitative estimate of drug-likeness (QED) is 0.669. The van der Waals surface area contributed by atoms with Crippen molar-refractivity contribution in [3.05, 3.63) is 36.4 Å². The van der Waals surface area contributed by atoms with Gasteiger partial charge in [-0.25, -0.2) is 14.8 Å². The predicted octanol–water partition coefficient (Wildman–Crippen LogP) is 2.47. The van der Waals surface area contributed by atoms with Crippen LogP contribution < -0.4 is 15.0 Å². The first-order valence-electron chi connectivity index (χ1n) is 10.5. The van der Waals surface area contributed by atoms with Crippen LogP contribution in [0.2, 0.25) is 0 Å². The molecule has 9 nitrogen and oxygen atoms in total. The highest BCUT2D eigenvalue weighted by Gasteiger charge is 2.38. The molecule has 2 aromatic heterocycles. The summed E-state index contributed by atoms with van der Waals surface area (Å²) in [5.74, 6) is -0.300. The molecular weight excluding hydrogens is 443 g/mol. The van der Waals surface area contributed by atoms with Crippen molar-refractivity contribution in [3.8, 4) is 5.88 Å². The largest absolute Gasteiger partial charge is 0.490 e. The van der Waals surface area contributed by atoms with E-state index in [2.05, 4.69) is 43.1 Å². The van der Waals surface area contributed by atoms with Gasteiger partial charge in [-0.15, -0.1) is 0 Å². The Bertz CT molecular complexity index is 961. The van der Waals surface area contributed by atoms with Gasteiger partial charge in [0.25, 0.3) is 0 Å². The fourth-order valence-corrected chi connectivity index (χ4v) is 3.51. The molecule has 0 spiro atoms. The number of halogens is 3. The van der Waals surface area contributed by atoms with Crippen LogP contribution in [0, 0.1) is 11.8 Å². The minimum atomic E-state index is -5.08. The van der Waals surface area contributed by atoms with Gasteiger partial charge in [-0.05, 0) is 30.9 Å². The minimum absolute atomic E-state index is 0.151. The molecule has 1 fully saturated rings. The summed E-state index contributed by atoms with van der Waals surface area (Å²) in [6.45, 7) is 3.21. The molecule has 3 heterocycles. The average Bonchev–Trinajstić information content (AvgIpc) is 3.53. The van der Waals surface area contributed by atoms with E-state index in [1.54, 1.807) is 7.11 Å². The SMILES string of the molecule is COc1cc(N2Cc3cccn3CC(CC(=O)NCC3CC3)C2)ncn1.O=C(O)C(F)(F)F. The van der Waals surface area contributed by atoms with Crippen molar-refractivity contribution in [1.29, 1.82) is 0 Å². The number of methoxy groups -OCH3 is 1. The number of carbonyl (C=O) groups excluding carboxylic acids is 1. The molecule has 1 unspecified atom stereocenters. The van der Waals surface area contributed by atoms with Crippen LogP contribution >= 0.6 is 0 Å². The zero-order chi connectivity index (χ0) is 24.0.